The Balaban J connectivity index is 1.83. The molecule has 18 heavy (non-hydrogen) atoms. The molecule has 1 aromatic heterocycles. The van der Waals surface area contributed by atoms with Crippen LogP contribution in [0.5, 0.6) is 0 Å². The van der Waals surface area contributed by atoms with Crippen LogP contribution in [0.25, 0.3) is 0 Å². The summed E-state index contributed by atoms with van der Waals surface area (Å²) in [6, 6.07) is 12.1. The van der Waals surface area contributed by atoms with Crippen molar-refractivity contribution < 1.29 is 8.78 Å². The molecule has 0 aliphatic heterocycles. The highest BCUT2D eigenvalue weighted by molar-refractivity contribution is 5.23. The number of hydrogen-bond acceptors (Lipinski definition) is 2. The highest BCUT2D eigenvalue weighted by Crippen LogP contribution is 2.18. The second kappa shape index (κ2) is 6.21. The summed E-state index contributed by atoms with van der Waals surface area (Å²) in [6.45, 7) is 1.30. The summed E-state index contributed by atoms with van der Waals surface area (Å²) in [4.78, 5) is 4.19. The number of nitrogens with one attached hydrogen (secondary N) is 1. The molecule has 2 rings (SSSR count). The lowest BCUT2D eigenvalue weighted by molar-refractivity contribution is 0.151. The molecule has 0 amide bonds. The van der Waals surface area contributed by atoms with Crippen molar-refractivity contribution >= 4 is 0 Å². The van der Waals surface area contributed by atoms with Crippen LogP contribution in [0.3, 0.4) is 0 Å². The molecule has 0 saturated carbocycles. The molecule has 0 spiro atoms. The number of pyridine rings is 1. The van der Waals surface area contributed by atoms with Crippen molar-refractivity contribution in [1.29, 1.82) is 0 Å². The standard InChI is InChI=1S/C14H14F2N2/c15-14(16)12-6-4-11(5-7-12)9-17-10-13-3-1-2-8-18-13/h1-8,14,17H,9-10H2. The van der Waals surface area contributed by atoms with Gasteiger partial charge in [0.05, 0.1) is 5.69 Å². The summed E-state index contributed by atoms with van der Waals surface area (Å²) in [5.74, 6) is 0. The maximum atomic E-state index is 12.3. The Kier molecular flexibility index (Phi) is 4.36. The van der Waals surface area contributed by atoms with Gasteiger partial charge >= 0.3 is 0 Å². The van der Waals surface area contributed by atoms with Crippen LogP contribution in [0, 0.1) is 0 Å². The fourth-order valence-electron chi connectivity index (χ4n) is 1.62. The second-order valence-corrected chi connectivity index (χ2v) is 3.97. The molecule has 0 radical (unpaired) electrons. The SMILES string of the molecule is FC(F)c1ccc(CNCc2ccccn2)cc1. The van der Waals surface area contributed by atoms with Crippen molar-refractivity contribution in [2.24, 2.45) is 0 Å². The van der Waals surface area contributed by atoms with E-state index in [1.807, 2.05) is 18.2 Å². The van der Waals surface area contributed by atoms with Gasteiger partial charge in [-0.1, -0.05) is 30.3 Å². The van der Waals surface area contributed by atoms with Crippen LogP contribution in [0.1, 0.15) is 23.2 Å². The first-order chi connectivity index (χ1) is 8.75. The fraction of sp³-hybridized carbons (Fsp3) is 0.214. The number of rotatable bonds is 5. The van der Waals surface area contributed by atoms with Crippen molar-refractivity contribution in [2.75, 3.05) is 0 Å². The third-order valence-corrected chi connectivity index (χ3v) is 2.59. The first kappa shape index (κ1) is 12.6. The minimum absolute atomic E-state index is 0.0588. The van der Waals surface area contributed by atoms with Crippen molar-refractivity contribution in [3.8, 4) is 0 Å². The Morgan fingerprint density at radius 2 is 1.78 bits per heavy atom. The van der Waals surface area contributed by atoms with E-state index in [1.54, 1.807) is 18.3 Å². The van der Waals surface area contributed by atoms with Gasteiger partial charge in [0.1, 0.15) is 0 Å². The zero-order chi connectivity index (χ0) is 12.8. The molecule has 0 aliphatic rings. The monoisotopic (exact) mass is 248 g/mol. The average Bonchev–Trinajstić information content (AvgIpc) is 2.40. The van der Waals surface area contributed by atoms with Gasteiger partial charge in [-0.2, -0.15) is 0 Å². The van der Waals surface area contributed by atoms with Crippen LogP contribution in [-0.2, 0) is 13.1 Å². The van der Waals surface area contributed by atoms with Crippen molar-refractivity contribution in [2.45, 2.75) is 19.5 Å². The van der Waals surface area contributed by atoms with Crippen molar-refractivity contribution in [1.82, 2.24) is 10.3 Å². The van der Waals surface area contributed by atoms with Gasteiger partial charge in [-0.25, -0.2) is 8.78 Å². The molecule has 94 valence electrons. The van der Waals surface area contributed by atoms with Gasteiger partial charge in [0, 0.05) is 24.8 Å². The minimum atomic E-state index is -2.40. The van der Waals surface area contributed by atoms with Gasteiger partial charge in [0.2, 0.25) is 0 Å². The molecule has 0 unspecified atom stereocenters. The highest BCUT2D eigenvalue weighted by Gasteiger charge is 2.05. The Labute approximate surface area is 105 Å². The van der Waals surface area contributed by atoms with E-state index in [2.05, 4.69) is 10.3 Å². The molecular formula is C14H14F2N2. The van der Waals surface area contributed by atoms with Crippen LogP contribution in [0.4, 0.5) is 8.78 Å². The largest absolute Gasteiger partial charge is 0.307 e. The molecule has 0 aliphatic carbocycles. The molecule has 2 nitrogen and oxygen atoms in total. The number of benzene rings is 1. The fourth-order valence-corrected chi connectivity index (χ4v) is 1.62. The van der Waals surface area contributed by atoms with Crippen LogP contribution in [-0.4, -0.2) is 4.98 Å². The highest BCUT2D eigenvalue weighted by atomic mass is 19.3. The van der Waals surface area contributed by atoms with Crippen molar-refractivity contribution in [3.63, 3.8) is 0 Å². The van der Waals surface area contributed by atoms with Gasteiger partial charge in [0.25, 0.3) is 6.43 Å². The van der Waals surface area contributed by atoms with Crippen molar-refractivity contribution in [3.05, 3.63) is 65.5 Å². The third kappa shape index (κ3) is 3.60. The summed E-state index contributed by atoms with van der Waals surface area (Å²) in [6.07, 6.45) is -0.658. The van der Waals surface area contributed by atoms with Crippen LogP contribution in [0.2, 0.25) is 0 Å². The van der Waals surface area contributed by atoms with Crippen LogP contribution >= 0.6 is 0 Å². The van der Waals surface area contributed by atoms with E-state index in [4.69, 9.17) is 0 Å². The lowest BCUT2D eigenvalue weighted by Crippen LogP contribution is -2.13. The molecule has 1 heterocycles. The number of aromatic nitrogens is 1. The topological polar surface area (TPSA) is 24.9 Å². The lowest BCUT2D eigenvalue weighted by Gasteiger charge is -2.05. The normalized spacial score (nSPS) is 10.8. The maximum absolute atomic E-state index is 12.3. The smallest absolute Gasteiger partial charge is 0.263 e. The van der Waals surface area contributed by atoms with Crippen LogP contribution < -0.4 is 5.32 Å². The minimum Gasteiger partial charge on any atom is -0.307 e. The Bertz CT molecular complexity index is 469. The van der Waals surface area contributed by atoms with E-state index < -0.39 is 6.43 Å². The lowest BCUT2D eigenvalue weighted by atomic mass is 10.1. The predicted molar refractivity (Wildman–Crippen MR) is 66.2 cm³/mol. The molecular weight excluding hydrogens is 234 g/mol. The van der Waals surface area contributed by atoms with E-state index in [9.17, 15) is 8.78 Å². The first-order valence-electron chi connectivity index (χ1n) is 5.73. The van der Waals surface area contributed by atoms with E-state index in [0.717, 1.165) is 11.3 Å². The number of nitrogens with zero attached hydrogens (tertiary/aromatic N) is 1. The van der Waals surface area contributed by atoms with E-state index in [0.29, 0.717) is 13.1 Å². The Hall–Kier alpha value is -1.81. The van der Waals surface area contributed by atoms with Gasteiger partial charge in [0.15, 0.2) is 0 Å². The van der Waals surface area contributed by atoms with Gasteiger partial charge in [-0.3, -0.25) is 4.98 Å². The third-order valence-electron chi connectivity index (χ3n) is 2.59. The molecule has 0 fully saturated rings. The number of alkyl halides is 2. The predicted octanol–water partition coefficient (Wildman–Crippen LogP) is 3.31. The zero-order valence-electron chi connectivity index (χ0n) is 9.81. The Morgan fingerprint density at radius 1 is 1.00 bits per heavy atom. The molecule has 0 bridgehead atoms. The quantitative estimate of drug-likeness (QED) is 0.878. The van der Waals surface area contributed by atoms with E-state index in [-0.39, 0.29) is 5.56 Å². The first-order valence-corrected chi connectivity index (χ1v) is 5.73. The average molecular weight is 248 g/mol. The number of halogens is 2. The van der Waals surface area contributed by atoms with Gasteiger partial charge in [-0.05, 0) is 17.7 Å². The Morgan fingerprint density at radius 3 is 2.39 bits per heavy atom. The molecule has 1 aromatic carbocycles. The molecule has 0 atom stereocenters. The summed E-state index contributed by atoms with van der Waals surface area (Å²) < 4.78 is 24.7. The summed E-state index contributed by atoms with van der Waals surface area (Å²) >= 11 is 0. The second-order valence-electron chi connectivity index (χ2n) is 3.97. The maximum Gasteiger partial charge on any atom is 0.263 e. The zero-order valence-corrected chi connectivity index (χ0v) is 9.81. The van der Waals surface area contributed by atoms with E-state index in [1.165, 1.54) is 12.1 Å². The summed E-state index contributed by atoms with van der Waals surface area (Å²) in [5, 5.41) is 3.22. The molecule has 2 aromatic rings. The molecule has 0 saturated heterocycles. The molecule has 1 N–H and O–H groups in total. The van der Waals surface area contributed by atoms with Gasteiger partial charge < -0.3 is 5.32 Å². The van der Waals surface area contributed by atoms with Gasteiger partial charge in [-0.15, -0.1) is 0 Å². The van der Waals surface area contributed by atoms with Crippen LogP contribution in [0.15, 0.2) is 48.7 Å². The summed E-state index contributed by atoms with van der Waals surface area (Å²) in [5.41, 5.74) is 2.00. The number of hydrogen-bond donors (Lipinski definition) is 1. The summed E-state index contributed by atoms with van der Waals surface area (Å²) in [7, 11) is 0. The van der Waals surface area contributed by atoms with E-state index >= 15 is 0 Å². The molecule has 4 heteroatoms.